The quantitative estimate of drug-likeness (QED) is 0.601. The van der Waals surface area contributed by atoms with Crippen LogP contribution in [-0.2, 0) is 10.0 Å². The van der Waals surface area contributed by atoms with Crippen molar-refractivity contribution in [2.75, 3.05) is 11.4 Å². The van der Waals surface area contributed by atoms with Gasteiger partial charge in [-0.05, 0) is 11.7 Å². The lowest BCUT2D eigenvalue weighted by molar-refractivity contribution is -0.119. The molecule has 8 nitrogen and oxygen atoms in total. The Morgan fingerprint density at radius 2 is 2.04 bits per heavy atom. The van der Waals surface area contributed by atoms with Gasteiger partial charge in [-0.1, -0.05) is 0 Å². The molecule has 126 valence electrons. The van der Waals surface area contributed by atoms with E-state index in [-0.39, 0.29) is 17.9 Å². The molecule has 3 aromatic heterocycles. The van der Waals surface area contributed by atoms with Crippen LogP contribution in [0, 0.1) is 23.1 Å². The van der Waals surface area contributed by atoms with E-state index in [9.17, 15) is 9.18 Å². The second-order valence-corrected chi connectivity index (χ2v) is 6.26. The SMILES string of the molecule is [B]C([B])([B])n1cc(-c2cn3ncc(F)c3c(N3CCC(C#N)C3=O)n2)cn1. The molecule has 0 N–H and O–H groups in total. The van der Waals surface area contributed by atoms with Crippen molar-refractivity contribution in [1.82, 2.24) is 24.4 Å². The fourth-order valence-corrected chi connectivity index (χ4v) is 2.96. The number of aromatic nitrogens is 5. The van der Waals surface area contributed by atoms with E-state index in [1.807, 2.05) is 6.07 Å². The van der Waals surface area contributed by atoms with Crippen LogP contribution in [0.25, 0.3) is 16.8 Å². The Balaban J connectivity index is 1.86. The predicted molar refractivity (Wildman–Crippen MR) is 95.5 cm³/mol. The van der Waals surface area contributed by atoms with Crippen LogP contribution in [0.3, 0.4) is 0 Å². The van der Waals surface area contributed by atoms with E-state index in [4.69, 9.17) is 28.8 Å². The highest BCUT2D eigenvalue weighted by Crippen LogP contribution is 2.31. The number of nitriles is 1. The zero-order valence-corrected chi connectivity index (χ0v) is 13.9. The number of hydrogen-bond donors (Lipinski definition) is 0. The molecule has 0 aromatic carbocycles. The summed E-state index contributed by atoms with van der Waals surface area (Å²) in [4.78, 5) is 18.2. The summed E-state index contributed by atoms with van der Waals surface area (Å²) in [5.74, 6) is -1.75. The molecular weight excluding hydrogens is 346 g/mol. The first-order chi connectivity index (χ1) is 12.8. The molecule has 0 saturated carbocycles. The van der Waals surface area contributed by atoms with Gasteiger partial charge in [0.1, 0.15) is 11.4 Å². The number of hydrogen-bond acceptors (Lipinski definition) is 5. The van der Waals surface area contributed by atoms with Gasteiger partial charge in [-0.15, -0.1) is 0 Å². The molecule has 1 unspecified atom stereocenters. The van der Waals surface area contributed by atoms with E-state index in [0.717, 1.165) is 10.9 Å². The van der Waals surface area contributed by atoms with Crippen molar-refractivity contribution in [1.29, 1.82) is 5.26 Å². The highest BCUT2D eigenvalue weighted by Gasteiger charge is 2.35. The number of carbonyl (C=O) groups excluding carboxylic acids is 1. The summed E-state index contributed by atoms with van der Waals surface area (Å²) in [5, 5.41) is 15.3. The number of anilines is 1. The van der Waals surface area contributed by atoms with Gasteiger partial charge in [0.05, 0.1) is 53.9 Å². The topological polar surface area (TPSA) is 92.1 Å². The Kier molecular flexibility index (Phi) is 3.84. The van der Waals surface area contributed by atoms with Gasteiger partial charge in [0.2, 0.25) is 5.91 Å². The maximum absolute atomic E-state index is 14.3. The number of carbonyl (C=O) groups is 1. The molecule has 0 aliphatic carbocycles. The van der Waals surface area contributed by atoms with Crippen molar-refractivity contribution in [2.24, 2.45) is 5.92 Å². The van der Waals surface area contributed by atoms with Gasteiger partial charge in [-0.3, -0.25) is 14.4 Å². The average Bonchev–Trinajstić information content (AvgIpc) is 3.32. The van der Waals surface area contributed by atoms with E-state index >= 15 is 0 Å². The first kappa shape index (κ1) is 17.3. The van der Waals surface area contributed by atoms with E-state index in [1.54, 1.807) is 0 Å². The average molecular weight is 355 g/mol. The first-order valence-corrected chi connectivity index (χ1v) is 7.96. The Labute approximate surface area is 157 Å². The van der Waals surface area contributed by atoms with Crippen LogP contribution in [0.4, 0.5) is 10.2 Å². The first-order valence-electron chi connectivity index (χ1n) is 7.96. The van der Waals surface area contributed by atoms with E-state index in [0.29, 0.717) is 17.7 Å². The van der Waals surface area contributed by atoms with E-state index in [1.165, 1.54) is 28.0 Å². The second kappa shape index (κ2) is 5.98. The molecule has 4 rings (SSSR count). The Morgan fingerprint density at radius 1 is 1.26 bits per heavy atom. The van der Waals surface area contributed by atoms with Crippen LogP contribution in [0.15, 0.2) is 24.8 Å². The third-order valence-corrected chi connectivity index (χ3v) is 4.33. The minimum absolute atomic E-state index is 0.0453. The van der Waals surface area contributed by atoms with Crippen LogP contribution in [-0.4, -0.2) is 60.4 Å². The fourth-order valence-electron chi connectivity index (χ4n) is 2.96. The van der Waals surface area contributed by atoms with E-state index in [2.05, 4.69) is 15.2 Å². The van der Waals surface area contributed by atoms with Crippen LogP contribution in [0.2, 0.25) is 0 Å². The minimum atomic E-state index is -1.70. The fraction of sp³-hybridized carbons (Fsp3) is 0.267. The van der Waals surface area contributed by atoms with Gasteiger partial charge in [-0.25, -0.2) is 13.9 Å². The molecule has 6 radical (unpaired) electrons. The monoisotopic (exact) mass is 355 g/mol. The summed E-state index contributed by atoms with van der Waals surface area (Å²) >= 11 is 0. The summed E-state index contributed by atoms with van der Waals surface area (Å²) in [6.07, 6.45) is 5.76. The molecular formula is C15H9B3FN7O. The van der Waals surface area contributed by atoms with Crippen molar-refractivity contribution in [3.63, 3.8) is 0 Å². The molecule has 1 atom stereocenters. The predicted octanol–water partition coefficient (Wildman–Crippen LogP) is -0.318. The molecule has 1 fully saturated rings. The molecule has 12 heteroatoms. The van der Waals surface area contributed by atoms with Gasteiger partial charge in [0.15, 0.2) is 11.6 Å². The number of halogens is 1. The number of rotatable bonds is 3. The number of amides is 1. The van der Waals surface area contributed by atoms with Crippen molar-refractivity contribution < 1.29 is 9.18 Å². The summed E-state index contributed by atoms with van der Waals surface area (Å²) in [7, 11) is 16.8. The molecule has 1 saturated heterocycles. The Hall–Kier alpha value is -3.09. The third-order valence-electron chi connectivity index (χ3n) is 4.33. The maximum Gasteiger partial charge on any atom is 0.245 e. The molecule has 3 aromatic rings. The Bertz CT molecular complexity index is 1100. The van der Waals surface area contributed by atoms with Gasteiger partial charge < -0.3 is 0 Å². The van der Waals surface area contributed by atoms with Gasteiger partial charge in [0, 0.05) is 18.3 Å². The van der Waals surface area contributed by atoms with Gasteiger partial charge in [-0.2, -0.15) is 15.5 Å². The third kappa shape index (κ3) is 2.79. The highest BCUT2D eigenvalue weighted by molar-refractivity contribution is 6.56. The summed E-state index contributed by atoms with van der Waals surface area (Å²) in [6, 6.07) is 1.95. The van der Waals surface area contributed by atoms with Crippen molar-refractivity contribution in [3.05, 3.63) is 30.6 Å². The molecule has 1 aliphatic heterocycles. The van der Waals surface area contributed by atoms with Crippen LogP contribution < -0.4 is 4.90 Å². The molecule has 0 bridgehead atoms. The normalized spacial score (nSPS) is 17.6. The minimum Gasteiger partial charge on any atom is -0.294 e. The zero-order chi connectivity index (χ0) is 19.3. The lowest BCUT2D eigenvalue weighted by Gasteiger charge is -2.20. The largest absolute Gasteiger partial charge is 0.294 e. The molecule has 0 spiro atoms. The summed E-state index contributed by atoms with van der Waals surface area (Å²) in [5.41, 5.74) is 0.886. The van der Waals surface area contributed by atoms with Gasteiger partial charge >= 0.3 is 0 Å². The zero-order valence-electron chi connectivity index (χ0n) is 13.9. The molecule has 4 heterocycles. The number of nitrogens with zero attached hydrogens (tertiary/aromatic N) is 7. The van der Waals surface area contributed by atoms with Crippen molar-refractivity contribution in [3.8, 4) is 17.3 Å². The lowest BCUT2D eigenvalue weighted by atomic mass is 9.49. The highest BCUT2D eigenvalue weighted by atomic mass is 19.1. The van der Waals surface area contributed by atoms with E-state index < -0.39 is 22.9 Å². The van der Waals surface area contributed by atoms with Crippen LogP contribution >= 0.6 is 0 Å². The smallest absolute Gasteiger partial charge is 0.245 e. The van der Waals surface area contributed by atoms with Gasteiger partial charge in [0.25, 0.3) is 0 Å². The summed E-state index contributed by atoms with van der Waals surface area (Å²) in [6.45, 7) is 0.255. The number of fused-ring (bicyclic) bond motifs is 1. The molecule has 1 aliphatic rings. The Morgan fingerprint density at radius 3 is 2.67 bits per heavy atom. The summed E-state index contributed by atoms with van der Waals surface area (Å²) < 4.78 is 16.7. The lowest BCUT2D eigenvalue weighted by Crippen LogP contribution is -2.35. The standard InChI is InChI=1S/C15H9B3FN7O/c16-15(17,18)26-6-9(4-22-26)11-7-25-12(10(19)5-21-25)13(23-11)24-2-1-8(3-20)14(24)27/h4-8H,1-2H2. The van der Waals surface area contributed by atoms with Crippen molar-refractivity contribution >= 4 is 40.8 Å². The van der Waals surface area contributed by atoms with Crippen LogP contribution in [0.5, 0.6) is 0 Å². The van der Waals surface area contributed by atoms with Crippen LogP contribution in [0.1, 0.15) is 6.42 Å². The molecule has 27 heavy (non-hydrogen) atoms. The second-order valence-electron chi connectivity index (χ2n) is 6.26. The molecule has 1 amide bonds. The maximum atomic E-state index is 14.3. The van der Waals surface area contributed by atoms with Crippen molar-refractivity contribution in [2.45, 2.75) is 11.7 Å².